The van der Waals surface area contributed by atoms with Crippen LogP contribution >= 0.6 is 0 Å². The van der Waals surface area contributed by atoms with Crippen molar-refractivity contribution in [1.82, 2.24) is 20.1 Å². The highest BCUT2D eigenvalue weighted by Crippen LogP contribution is 2.55. The average molecular weight is 545 g/mol. The first kappa shape index (κ1) is 26.9. The van der Waals surface area contributed by atoms with E-state index in [0.717, 1.165) is 59.0 Å². The van der Waals surface area contributed by atoms with E-state index in [1.54, 1.807) is 17.0 Å². The van der Waals surface area contributed by atoms with Gasteiger partial charge in [0.05, 0.1) is 0 Å². The van der Waals surface area contributed by atoms with Crippen molar-refractivity contribution in [3.8, 4) is 0 Å². The number of hydrogen-bond acceptors (Lipinski definition) is 2. The maximum atomic E-state index is 13.8. The van der Waals surface area contributed by atoms with E-state index in [9.17, 15) is 14.0 Å². The molecule has 0 saturated heterocycles. The van der Waals surface area contributed by atoms with E-state index in [1.807, 2.05) is 43.1 Å². The normalized spacial score (nSPS) is 24.9. The van der Waals surface area contributed by atoms with Crippen LogP contribution in [0.4, 0.5) is 9.18 Å². The number of nitrogens with zero attached hydrogens (tertiary/aromatic N) is 2. The summed E-state index contributed by atoms with van der Waals surface area (Å²) in [6, 6.07) is 14.2. The molecule has 212 valence electrons. The Morgan fingerprint density at radius 3 is 2.30 bits per heavy atom. The zero-order valence-corrected chi connectivity index (χ0v) is 23.7. The zero-order valence-electron chi connectivity index (χ0n) is 23.7. The highest BCUT2D eigenvalue weighted by molar-refractivity contribution is 5.85. The Hall–Kier alpha value is -3.35. The number of benzene rings is 2. The summed E-state index contributed by atoms with van der Waals surface area (Å²) in [5.74, 6) is 1.80. The first-order chi connectivity index (χ1) is 19.3. The van der Waals surface area contributed by atoms with Gasteiger partial charge in [0, 0.05) is 41.8 Å². The number of H-pyrrole nitrogens is 1. The fraction of sp³-hybridized carbons (Fsp3) is 0.515. The molecule has 0 atom stereocenters. The number of para-hydroxylation sites is 1. The first-order valence-electron chi connectivity index (χ1n) is 14.9. The monoisotopic (exact) mass is 544 g/mol. The minimum atomic E-state index is -0.298. The molecule has 0 radical (unpaired) electrons. The van der Waals surface area contributed by atoms with Gasteiger partial charge >= 0.3 is 6.03 Å². The van der Waals surface area contributed by atoms with Crippen LogP contribution in [0.5, 0.6) is 0 Å². The number of hydrogen-bond donors (Lipinski definition) is 2. The van der Waals surface area contributed by atoms with Crippen LogP contribution < -0.4 is 5.32 Å². The second-order valence-electron chi connectivity index (χ2n) is 12.9. The molecule has 3 aromatic rings. The number of aromatic nitrogens is 1. The van der Waals surface area contributed by atoms with Gasteiger partial charge in [0.2, 0.25) is 5.91 Å². The molecule has 3 amide bonds. The van der Waals surface area contributed by atoms with Crippen LogP contribution in [0.15, 0.2) is 54.7 Å². The predicted molar refractivity (Wildman–Crippen MR) is 155 cm³/mol. The molecular formula is C33H41FN4O2. The van der Waals surface area contributed by atoms with Crippen molar-refractivity contribution in [2.45, 2.75) is 76.9 Å². The molecule has 4 saturated carbocycles. The van der Waals surface area contributed by atoms with Gasteiger partial charge < -0.3 is 20.1 Å². The molecule has 40 heavy (non-hydrogen) atoms. The fourth-order valence-electron chi connectivity index (χ4n) is 7.99. The lowest BCUT2D eigenvalue weighted by atomic mass is 9.53. The molecule has 2 N–H and O–H groups in total. The van der Waals surface area contributed by atoms with E-state index >= 15 is 0 Å². The highest BCUT2D eigenvalue weighted by atomic mass is 19.1. The second kappa shape index (κ2) is 10.9. The maximum absolute atomic E-state index is 13.8. The molecule has 0 aliphatic heterocycles. The predicted octanol–water partition coefficient (Wildman–Crippen LogP) is 6.27. The molecular weight excluding hydrogens is 503 g/mol. The van der Waals surface area contributed by atoms with Crippen LogP contribution in [0.1, 0.15) is 63.5 Å². The Bertz CT molecular complexity index is 1330. The lowest BCUT2D eigenvalue weighted by Crippen LogP contribution is -2.63. The average Bonchev–Trinajstić information content (AvgIpc) is 3.32. The van der Waals surface area contributed by atoms with Crippen LogP contribution in [-0.4, -0.2) is 51.4 Å². The van der Waals surface area contributed by atoms with Crippen LogP contribution in [0.2, 0.25) is 0 Å². The molecule has 6 nitrogen and oxygen atoms in total. The van der Waals surface area contributed by atoms with Crippen molar-refractivity contribution >= 4 is 22.8 Å². The van der Waals surface area contributed by atoms with E-state index in [1.165, 1.54) is 31.4 Å². The smallest absolute Gasteiger partial charge is 0.318 e. The Morgan fingerprint density at radius 1 is 1.00 bits per heavy atom. The number of aromatic amines is 1. The molecule has 7 heteroatoms. The van der Waals surface area contributed by atoms with Crippen molar-refractivity contribution in [3.63, 3.8) is 0 Å². The van der Waals surface area contributed by atoms with Crippen molar-refractivity contribution < 1.29 is 14.0 Å². The number of nitrogens with one attached hydrogen (secondary N) is 2. The Morgan fingerprint density at radius 2 is 1.65 bits per heavy atom. The van der Waals surface area contributed by atoms with E-state index in [-0.39, 0.29) is 35.9 Å². The van der Waals surface area contributed by atoms with Gasteiger partial charge in [0.25, 0.3) is 0 Å². The van der Waals surface area contributed by atoms with Crippen LogP contribution in [0, 0.1) is 23.6 Å². The minimum absolute atomic E-state index is 0.0188. The summed E-state index contributed by atoms with van der Waals surface area (Å²) in [6.45, 7) is 4.83. The first-order valence-corrected chi connectivity index (χ1v) is 14.9. The Labute approximate surface area is 236 Å². The summed E-state index contributed by atoms with van der Waals surface area (Å²) in [5.41, 5.74) is 2.97. The lowest BCUT2D eigenvalue weighted by Gasteiger charge is -2.57. The van der Waals surface area contributed by atoms with Crippen molar-refractivity contribution in [2.75, 3.05) is 13.1 Å². The van der Waals surface area contributed by atoms with E-state index in [2.05, 4.69) is 16.4 Å². The largest absolute Gasteiger partial charge is 0.361 e. The molecule has 1 heterocycles. The van der Waals surface area contributed by atoms with Crippen LogP contribution in [0.25, 0.3) is 10.9 Å². The number of urea groups is 1. The molecule has 0 unspecified atom stereocenters. The molecule has 4 bridgehead atoms. The van der Waals surface area contributed by atoms with E-state index in [4.69, 9.17) is 0 Å². The number of fused-ring (bicyclic) bond motifs is 1. The number of amides is 3. The highest BCUT2D eigenvalue weighted by Gasteiger charge is 2.52. The zero-order chi connectivity index (χ0) is 27.9. The van der Waals surface area contributed by atoms with Crippen LogP contribution in [-0.2, 0) is 17.8 Å². The number of carbonyl (C=O) groups is 2. The summed E-state index contributed by atoms with van der Waals surface area (Å²) in [4.78, 5) is 34.4. The summed E-state index contributed by atoms with van der Waals surface area (Å²) in [7, 11) is 0. The molecule has 1 aromatic heterocycles. The van der Waals surface area contributed by atoms with Gasteiger partial charge in [-0.2, -0.15) is 0 Å². The Balaban J connectivity index is 1.17. The van der Waals surface area contributed by atoms with Gasteiger partial charge in [-0.15, -0.1) is 0 Å². The maximum Gasteiger partial charge on any atom is 0.318 e. The van der Waals surface area contributed by atoms with Gasteiger partial charge in [-0.1, -0.05) is 30.3 Å². The molecule has 0 spiro atoms. The van der Waals surface area contributed by atoms with Crippen molar-refractivity contribution in [1.29, 1.82) is 0 Å². The van der Waals surface area contributed by atoms with Gasteiger partial charge in [0.15, 0.2) is 0 Å². The fourth-order valence-corrected chi connectivity index (χ4v) is 7.99. The minimum Gasteiger partial charge on any atom is -0.361 e. The van der Waals surface area contributed by atoms with Gasteiger partial charge in [0.1, 0.15) is 12.4 Å². The molecule has 4 fully saturated rings. The number of rotatable bonds is 9. The SMILES string of the molecule is CC(C)N(CC(=O)N(CCc1c[nH]c2ccccc12)Cc1ccc(F)cc1)C(=O)NC12CC3CC(CC(C3)C1)C2. The summed E-state index contributed by atoms with van der Waals surface area (Å²) < 4.78 is 13.6. The van der Waals surface area contributed by atoms with Crippen molar-refractivity contribution in [3.05, 3.63) is 71.7 Å². The van der Waals surface area contributed by atoms with E-state index < -0.39 is 0 Å². The van der Waals surface area contributed by atoms with Crippen LogP contribution in [0.3, 0.4) is 0 Å². The summed E-state index contributed by atoms with van der Waals surface area (Å²) >= 11 is 0. The topological polar surface area (TPSA) is 68.4 Å². The second-order valence-corrected chi connectivity index (χ2v) is 12.9. The van der Waals surface area contributed by atoms with Crippen molar-refractivity contribution in [2.24, 2.45) is 17.8 Å². The summed E-state index contributed by atoms with van der Waals surface area (Å²) in [5, 5.41) is 4.60. The van der Waals surface area contributed by atoms with E-state index in [0.29, 0.717) is 19.5 Å². The van der Waals surface area contributed by atoms with Gasteiger partial charge in [-0.3, -0.25) is 4.79 Å². The summed E-state index contributed by atoms with van der Waals surface area (Å²) in [6.07, 6.45) is 9.86. The number of halogens is 1. The molecule has 2 aromatic carbocycles. The molecule has 7 rings (SSSR count). The van der Waals surface area contributed by atoms with Gasteiger partial charge in [-0.25, -0.2) is 9.18 Å². The third kappa shape index (κ3) is 5.61. The third-order valence-corrected chi connectivity index (χ3v) is 9.57. The number of carbonyl (C=O) groups excluding carboxylic acids is 2. The molecule has 4 aliphatic rings. The quantitative estimate of drug-likeness (QED) is 0.334. The lowest BCUT2D eigenvalue weighted by molar-refractivity contribution is -0.132. The Kier molecular flexibility index (Phi) is 7.32. The molecule has 4 aliphatic carbocycles. The van der Waals surface area contributed by atoms with Gasteiger partial charge in [-0.05, 0) is 106 Å². The standard InChI is InChI=1S/C33H41FN4O2/c1-22(2)38(32(40)36-33-16-24-13-25(17-33)15-26(14-24)18-33)21-31(39)37(20-23-7-9-28(34)10-8-23)12-11-27-19-35-30-6-4-3-5-29(27)30/h3-10,19,22,24-26,35H,11-18,20-21H2,1-2H3,(H,36,40). The third-order valence-electron chi connectivity index (χ3n) is 9.57.